The monoisotopic (exact) mass is 207 g/mol. The molecule has 0 heterocycles. The molecule has 2 N–H and O–H groups in total. The van der Waals surface area contributed by atoms with Crippen LogP contribution in [0.3, 0.4) is 0 Å². The molecule has 1 rings (SSSR count). The van der Waals surface area contributed by atoms with Gasteiger partial charge in [-0.1, -0.05) is 29.8 Å². The molecule has 0 amide bonds. The Labute approximate surface area is 90.2 Å². The van der Waals surface area contributed by atoms with E-state index >= 15 is 0 Å². The number of rotatable bonds is 6. The van der Waals surface area contributed by atoms with Crippen molar-refractivity contribution in [1.29, 1.82) is 0 Å². The molecule has 82 valence electrons. The Bertz CT molecular complexity index is 306. The summed E-state index contributed by atoms with van der Waals surface area (Å²) in [5.41, 5.74) is 7.48. The Kier molecular flexibility index (Phi) is 5.01. The third-order valence-corrected chi connectivity index (χ3v) is 2.05. The van der Waals surface area contributed by atoms with Gasteiger partial charge in [0.15, 0.2) is 5.78 Å². The Morgan fingerprint density at radius 3 is 2.60 bits per heavy atom. The maximum absolute atomic E-state index is 11.4. The molecule has 0 aliphatic rings. The molecule has 1 aromatic rings. The van der Waals surface area contributed by atoms with E-state index in [1.807, 2.05) is 31.2 Å². The van der Waals surface area contributed by atoms with Gasteiger partial charge in [-0.05, 0) is 12.5 Å². The van der Waals surface area contributed by atoms with Crippen molar-refractivity contribution in [2.75, 3.05) is 19.8 Å². The molecule has 0 bridgehead atoms. The van der Waals surface area contributed by atoms with Crippen molar-refractivity contribution in [2.45, 2.75) is 13.3 Å². The zero-order valence-electron chi connectivity index (χ0n) is 9.03. The highest BCUT2D eigenvalue weighted by molar-refractivity contribution is 5.82. The highest BCUT2D eigenvalue weighted by Crippen LogP contribution is 2.04. The Morgan fingerprint density at radius 2 is 2.00 bits per heavy atom. The molecule has 0 fully saturated rings. The summed E-state index contributed by atoms with van der Waals surface area (Å²) < 4.78 is 5.07. The van der Waals surface area contributed by atoms with E-state index in [1.54, 1.807) is 0 Å². The second-order valence-electron chi connectivity index (χ2n) is 3.54. The molecule has 0 aromatic heterocycles. The molecule has 15 heavy (non-hydrogen) atoms. The van der Waals surface area contributed by atoms with Crippen LogP contribution in [0, 0.1) is 6.92 Å². The van der Waals surface area contributed by atoms with Crippen molar-refractivity contribution in [1.82, 2.24) is 0 Å². The van der Waals surface area contributed by atoms with Gasteiger partial charge in [-0.15, -0.1) is 0 Å². The molecule has 0 spiro atoms. The first-order valence-electron chi connectivity index (χ1n) is 5.07. The van der Waals surface area contributed by atoms with Gasteiger partial charge in [0.1, 0.15) is 6.61 Å². The highest BCUT2D eigenvalue weighted by atomic mass is 16.5. The lowest BCUT2D eigenvalue weighted by molar-refractivity contribution is -0.122. The van der Waals surface area contributed by atoms with Gasteiger partial charge in [0.25, 0.3) is 0 Å². The number of ketones is 1. The number of benzene rings is 1. The molecule has 0 atom stereocenters. The SMILES string of the molecule is Cc1ccc(CC(=O)COCCN)cc1. The summed E-state index contributed by atoms with van der Waals surface area (Å²) in [6.45, 7) is 3.08. The fourth-order valence-corrected chi connectivity index (χ4v) is 1.25. The van der Waals surface area contributed by atoms with E-state index in [0.29, 0.717) is 19.6 Å². The summed E-state index contributed by atoms with van der Waals surface area (Å²) in [6, 6.07) is 7.94. The number of carbonyl (C=O) groups excluding carboxylic acids is 1. The largest absolute Gasteiger partial charge is 0.372 e. The van der Waals surface area contributed by atoms with E-state index in [1.165, 1.54) is 5.56 Å². The zero-order chi connectivity index (χ0) is 11.1. The third kappa shape index (κ3) is 4.72. The number of Topliss-reactive ketones (excluding diaryl/α,β-unsaturated/α-hetero) is 1. The van der Waals surface area contributed by atoms with Gasteiger partial charge in [0.2, 0.25) is 0 Å². The fraction of sp³-hybridized carbons (Fsp3) is 0.417. The minimum absolute atomic E-state index is 0.0901. The lowest BCUT2D eigenvalue weighted by Crippen LogP contribution is -2.16. The normalized spacial score (nSPS) is 10.3. The quantitative estimate of drug-likeness (QED) is 0.710. The number of hydrogen-bond acceptors (Lipinski definition) is 3. The first kappa shape index (κ1) is 11.9. The molecular formula is C12H17NO2. The van der Waals surface area contributed by atoms with E-state index in [9.17, 15) is 4.79 Å². The summed E-state index contributed by atoms with van der Waals surface area (Å²) in [6.07, 6.45) is 0.435. The number of hydrogen-bond donors (Lipinski definition) is 1. The standard InChI is InChI=1S/C12H17NO2/c1-10-2-4-11(5-3-10)8-12(14)9-15-7-6-13/h2-5H,6-9,13H2,1H3. The van der Waals surface area contributed by atoms with Crippen LogP contribution in [-0.2, 0) is 16.0 Å². The van der Waals surface area contributed by atoms with Crippen molar-refractivity contribution in [2.24, 2.45) is 5.73 Å². The summed E-state index contributed by atoms with van der Waals surface area (Å²) in [5.74, 6) is 0.0901. The highest BCUT2D eigenvalue weighted by Gasteiger charge is 2.03. The van der Waals surface area contributed by atoms with Crippen LogP contribution < -0.4 is 5.73 Å². The zero-order valence-corrected chi connectivity index (χ0v) is 9.03. The van der Waals surface area contributed by atoms with Crippen molar-refractivity contribution < 1.29 is 9.53 Å². The summed E-state index contributed by atoms with van der Waals surface area (Å²) in [4.78, 5) is 11.4. The molecule has 3 heteroatoms. The van der Waals surface area contributed by atoms with Crippen LogP contribution in [0.5, 0.6) is 0 Å². The fourth-order valence-electron chi connectivity index (χ4n) is 1.25. The van der Waals surface area contributed by atoms with Gasteiger partial charge in [-0.3, -0.25) is 4.79 Å². The van der Waals surface area contributed by atoms with Gasteiger partial charge >= 0.3 is 0 Å². The van der Waals surface area contributed by atoms with Crippen LogP contribution in [0.15, 0.2) is 24.3 Å². The Morgan fingerprint density at radius 1 is 1.33 bits per heavy atom. The summed E-state index contributed by atoms with van der Waals surface area (Å²) in [5, 5.41) is 0. The average molecular weight is 207 g/mol. The van der Waals surface area contributed by atoms with E-state index in [2.05, 4.69) is 0 Å². The lowest BCUT2D eigenvalue weighted by atomic mass is 10.1. The summed E-state index contributed by atoms with van der Waals surface area (Å²) in [7, 11) is 0. The molecule has 0 aliphatic heterocycles. The minimum Gasteiger partial charge on any atom is -0.372 e. The second kappa shape index (κ2) is 6.32. The van der Waals surface area contributed by atoms with Gasteiger partial charge in [0, 0.05) is 13.0 Å². The maximum Gasteiger partial charge on any atom is 0.162 e. The maximum atomic E-state index is 11.4. The van der Waals surface area contributed by atoms with Crippen LogP contribution in [-0.4, -0.2) is 25.5 Å². The Balaban J connectivity index is 2.34. The van der Waals surface area contributed by atoms with E-state index in [4.69, 9.17) is 10.5 Å². The average Bonchev–Trinajstić information content (AvgIpc) is 2.22. The van der Waals surface area contributed by atoms with Crippen molar-refractivity contribution in [3.63, 3.8) is 0 Å². The molecule has 1 aromatic carbocycles. The molecular weight excluding hydrogens is 190 g/mol. The Hall–Kier alpha value is -1.19. The molecule has 0 radical (unpaired) electrons. The van der Waals surface area contributed by atoms with Crippen LogP contribution >= 0.6 is 0 Å². The van der Waals surface area contributed by atoms with E-state index < -0.39 is 0 Å². The minimum atomic E-state index is 0.0901. The van der Waals surface area contributed by atoms with Gasteiger partial charge in [-0.25, -0.2) is 0 Å². The molecule has 0 aliphatic carbocycles. The van der Waals surface area contributed by atoms with Crippen LogP contribution in [0.4, 0.5) is 0 Å². The number of nitrogens with two attached hydrogens (primary N) is 1. The van der Waals surface area contributed by atoms with Gasteiger partial charge < -0.3 is 10.5 Å². The number of carbonyl (C=O) groups is 1. The topological polar surface area (TPSA) is 52.3 Å². The number of ether oxygens (including phenoxy) is 1. The first-order valence-corrected chi connectivity index (χ1v) is 5.07. The molecule has 3 nitrogen and oxygen atoms in total. The predicted molar refractivity (Wildman–Crippen MR) is 59.8 cm³/mol. The van der Waals surface area contributed by atoms with Gasteiger partial charge in [-0.2, -0.15) is 0 Å². The first-order chi connectivity index (χ1) is 7.22. The molecule has 0 saturated carbocycles. The summed E-state index contributed by atoms with van der Waals surface area (Å²) >= 11 is 0. The van der Waals surface area contributed by atoms with Gasteiger partial charge in [0.05, 0.1) is 6.61 Å². The lowest BCUT2D eigenvalue weighted by Gasteiger charge is -2.02. The van der Waals surface area contributed by atoms with Crippen molar-refractivity contribution >= 4 is 5.78 Å². The van der Waals surface area contributed by atoms with Crippen LogP contribution in [0.1, 0.15) is 11.1 Å². The smallest absolute Gasteiger partial charge is 0.162 e. The van der Waals surface area contributed by atoms with Crippen molar-refractivity contribution in [3.05, 3.63) is 35.4 Å². The third-order valence-electron chi connectivity index (χ3n) is 2.05. The van der Waals surface area contributed by atoms with E-state index in [0.717, 1.165) is 5.56 Å². The van der Waals surface area contributed by atoms with Crippen LogP contribution in [0.25, 0.3) is 0 Å². The predicted octanol–water partition coefficient (Wildman–Crippen LogP) is 1.08. The second-order valence-corrected chi connectivity index (χ2v) is 3.54. The van der Waals surface area contributed by atoms with E-state index in [-0.39, 0.29) is 12.4 Å². The number of aryl methyl sites for hydroxylation is 1. The van der Waals surface area contributed by atoms with Crippen molar-refractivity contribution in [3.8, 4) is 0 Å². The molecule has 0 saturated heterocycles. The molecule has 0 unspecified atom stereocenters. The van der Waals surface area contributed by atoms with Crippen LogP contribution in [0.2, 0.25) is 0 Å².